The second-order valence-electron chi connectivity index (χ2n) is 5.06. The van der Waals surface area contributed by atoms with E-state index in [0.29, 0.717) is 13.1 Å². The van der Waals surface area contributed by atoms with Crippen LogP contribution in [0.2, 0.25) is 0 Å². The average molecular weight is 277 g/mol. The number of likely N-dealkylation sites (N-methyl/N-ethyl adjacent to an activating group) is 1. The second kappa shape index (κ2) is 8.32. The summed E-state index contributed by atoms with van der Waals surface area (Å²) in [7, 11) is 5.58. The van der Waals surface area contributed by atoms with Gasteiger partial charge in [0.2, 0.25) is 0 Å². The molecule has 5 nitrogen and oxygen atoms in total. The van der Waals surface area contributed by atoms with Crippen molar-refractivity contribution in [1.82, 2.24) is 15.1 Å². The summed E-state index contributed by atoms with van der Waals surface area (Å²) in [5.41, 5.74) is 1.00. The summed E-state index contributed by atoms with van der Waals surface area (Å²) in [5, 5.41) is 2.65. The Morgan fingerprint density at radius 3 is 2.35 bits per heavy atom. The monoisotopic (exact) mass is 277 g/mol. The van der Waals surface area contributed by atoms with Gasteiger partial charge in [-0.15, -0.1) is 0 Å². The van der Waals surface area contributed by atoms with Gasteiger partial charge in [0.1, 0.15) is 0 Å². The van der Waals surface area contributed by atoms with Gasteiger partial charge in [-0.05, 0) is 32.6 Å². The molecule has 0 spiro atoms. The number of nitrogens with one attached hydrogen (secondary N) is 1. The van der Waals surface area contributed by atoms with E-state index < -0.39 is 11.8 Å². The first kappa shape index (κ1) is 16.2. The summed E-state index contributed by atoms with van der Waals surface area (Å²) in [4.78, 5) is 27.0. The van der Waals surface area contributed by atoms with E-state index in [1.54, 1.807) is 7.05 Å². The minimum atomic E-state index is -0.540. The Hall–Kier alpha value is -1.88. The first-order valence-electron chi connectivity index (χ1n) is 6.72. The van der Waals surface area contributed by atoms with E-state index >= 15 is 0 Å². The topological polar surface area (TPSA) is 52.7 Å². The SMILES string of the molecule is CN(C)CCCNC(=O)C(=O)N(C)Cc1ccccc1. The van der Waals surface area contributed by atoms with Gasteiger partial charge < -0.3 is 15.1 Å². The largest absolute Gasteiger partial charge is 0.348 e. The number of hydrogen-bond donors (Lipinski definition) is 1. The van der Waals surface area contributed by atoms with Crippen molar-refractivity contribution in [3.63, 3.8) is 0 Å². The summed E-state index contributed by atoms with van der Waals surface area (Å²) < 4.78 is 0. The van der Waals surface area contributed by atoms with Crippen molar-refractivity contribution < 1.29 is 9.59 Å². The van der Waals surface area contributed by atoms with E-state index in [9.17, 15) is 9.59 Å². The molecule has 1 aromatic rings. The lowest BCUT2D eigenvalue weighted by Gasteiger charge is -2.17. The Bertz CT molecular complexity index is 432. The Labute approximate surface area is 120 Å². The van der Waals surface area contributed by atoms with Crippen LogP contribution in [0, 0.1) is 0 Å². The van der Waals surface area contributed by atoms with E-state index in [0.717, 1.165) is 18.5 Å². The standard InChI is InChI=1S/C15H23N3O2/c1-17(2)11-7-10-16-14(19)15(20)18(3)12-13-8-5-4-6-9-13/h4-6,8-9H,7,10-12H2,1-3H3,(H,16,19). The van der Waals surface area contributed by atoms with Gasteiger partial charge in [-0.3, -0.25) is 9.59 Å². The third kappa shape index (κ3) is 5.84. The molecular formula is C15H23N3O2. The zero-order valence-corrected chi connectivity index (χ0v) is 12.4. The first-order chi connectivity index (χ1) is 9.50. The van der Waals surface area contributed by atoms with Crippen molar-refractivity contribution in [3.05, 3.63) is 35.9 Å². The highest BCUT2D eigenvalue weighted by molar-refractivity contribution is 6.34. The molecule has 0 saturated heterocycles. The molecule has 0 aliphatic heterocycles. The van der Waals surface area contributed by atoms with Gasteiger partial charge in [0.05, 0.1) is 0 Å². The van der Waals surface area contributed by atoms with Gasteiger partial charge in [-0.25, -0.2) is 0 Å². The summed E-state index contributed by atoms with van der Waals surface area (Å²) in [6.07, 6.45) is 0.828. The summed E-state index contributed by atoms with van der Waals surface area (Å²) >= 11 is 0. The highest BCUT2D eigenvalue weighted by atomic mass is 16.2. The summed E-state index contributed by atoms with van der Waals surface area (Å²) in [5.74, 6) is -1.04. The van der Waals surface area contributed by atoms with Gasteiger partial charge in [-0.1, -0.05) is 30.3 Å². The van der Waals surface area contributed by atoms with Gasteiger partial charge in [-0.2, -0.15) is 0 Å². The van der Waals surface area contributed by atoms with Crippen molar-refractivity contribution in [2.45, 2.75) is 13.0 Å². The molecule has 1 aromatic carbocycles. The molecular weight excluding hydrogens is 254 g/mol. The fourth-order valence-corrected chi connectivity index (χ4v) is 1.78. The molecule has 0 bridgehead atoms. The maximum absolute atomic E-state index is 11.9. The van der Waals surface area contributed by atoms with Crippen LogP contribution < -0.4 is 5.32 Å². The molecule has 110 valence electrons. The minimum Gasteiger partial charge on any atom is -0.348 e. The van der Waals surface area contributed by atoms with Crippen LogP contribution in [-0.4, -0.2) is 55.8 Å². The van der Waals surface area contributed by atoms with Gasteiger partial charge >= 0.3 is 11.8 Å². The third-order valence-corrected chi connectivity index (χ3v) is 2.87. The van der Waals surface area contributed by atoms with Crippen LogP contribution in [0.25, 0.3) is 0 Å². The average Bonchev–Trinajstić information content (AvgIpc) is 2.43. The van der Waals surface area contributed by atoms with E-state index in [1.165, 1.54) is 4.90 Å². The van der Waals surface area contributed by atoms with E-state index in [-0.39, 0.29) is 0 Å². The molecule has 20 heavy (non-hydrogen) atoms. The van der Waals surface area contributed by atoms with Crippen molar-refractivity contribution in [2.75, 3.05) is 34.2 Å². The normalized spacial score (nSPS) is 10.4. The number of carbonyl (C=O) groups excluding carboxylic acids is 2. The minimum absolute atomic E-state index is 0.435. The predicted octanol–water partition coefficient (Wildman–Crippen LogP) is 0.713. The predicted molar refractivity (Wildman–Crippen MR) is 79.1 cm³/mol. The van der Waals surface area contributed by atoms with Crippen LogP contribution in [0.1, 0.15) is 12.0 Å². The maximum Gasteiger partial charge on any atom is 0.311 e. The number of carbonyl (C=O) groups is 2. The second-order valence-corrected chi connectivity index (χ2v) is 5.06. The van der Waals surface area contributed by atoms with Crippen LogP contribution in [0.4, 0.5) is 0 Å². The van der Waals surface area contributed by atoms with E-state index in [1.807, 2.05) is 49.3 Å². The van der Waals surface area contributed by atoms with E-state index in [2.05, 4.69) is 5.32 Å². The molecule has 0 aliphatic rings. The quantitative estimate of drug-likeness (QED) is 0.615. The van der Waals surface area contributed by atoms with Crippen molar-refractivity contribution >= 4 is 11.8 Å². The van der Waals surface area contributed by atoms with Gasteiger partial charge in [0.25, 0.3) is 0 Å². The molecule has 0 saturated carbocycles. The zero-order chi connectivity index (χ0) is 15.0. The summed E-state index contributed by atoms with van der Waals surface area (Å²) in [6, 6.07) is 9.60. The molecule has 2 amide bonds. The van der Waals surface area contributed by atoms with Crippen molar-refractivity contribution in [1.29, 1.82) is 0 Å². The molecule has 0 unspecified atom stereocenters. The highest BCUT2D eigenvalue weighted by Crippen LogP contribution is 2.02. The fraction of sp³-hybridized carbons (Fsp3) is 0.467. The molecule has 0 fully saturated rings. The van der Waals surface area contributed by atoms with Crippen LogP contribution >= 0.6 is 0 Å². The van der Waals surface area contributed by atoms with Crippen molar-refractivity contribution in [2.24, 2.45) is 0 Å². The number of rotatable bonds is 6. The van der Waals surface area contributed by atoms with Gasteiger partial charge in [0.15, 0.2) is 0 Å². The van der Waals surface area contributed by atoms with Crippen LogP contribution in [0.15, 0.2) is 30.3 Å². The maximum atomic E-state index is 11.9. The molecule has 0 heterocycles. The Balaban J connectivity index is 2.34. The molecule has 0 aliphatic carbocycles. The number of nitrogens with zero attached hydrogens (tertiary/aromatic N) is 2. The number of hydrogen-bond acceptors (Lipinski definition) is 3. The molecule has 1 rings (SSSR count). The first-order valence-corrected chi connectivity index (χ1v) is 6.72. The molecule has 0 radical (unpaired) electrons. The van der Waals surface area contributed by atoms with Crippen LogP contribution in [0.3, 0.4) is 0 Å². The lowest BCUT2D eigenvalue weighted by Crippen LogP contribution is -2.41. The number of amides is 2. The molecule has 5 heteroatoms. The van der Waals surface area contributed by atoms with Crippen LogP contribution in [0.5, 0.6) is 0 Å². The van der Waals surface area contributed by atoms with Crippen LogP contribution in [-0.2, 0) is 16.1 Å². The summed E-state index contributed by atoms with van der Waals surface area (Å²) in [6.45, 7) is 1.83. The smallest absolute Gasteiger partial charge is 0.311 e. The molecule has 0 aromatic heterocycles. The Kier molecular flexibility index (Phi) is 6.73. The fourth-order valence-electron chi connectivity index (χ4n) is 1.78. The lowest BCUT2D eigenvalue weighted by molar-refractivity contribution is -0.145. The Morgan fingerprint density at radius 2 is 1.75 bits per heavy atom. The zero-order valence-electron chi connectivity index (χ0n) is 12.4. The Morgan fingerprint density at radius 1 is 1.10 bits per heavy atom. The van der Waals surface area contributed by atoms with Crippen molar-refractivity contribution in [3.8, 4) is 0 Å². The highest BCUT2D eigenvalue weighted by Gasteiger charge is 2.17. The molecule has 1 N–H and O–H groups in total. The third-order valence-electron chi connectivity index (χ3n) is 2.87. The lowest BCUT2D eigenvalue weighted by atomic mass is 10.2. The molecule has 0 atom stereocenters. The number of benzene rings is 1. The van der Waals surface area contributed by atoms with E-state index in [4.69, 9.17) is 0 Å². The van der Waals surface area contributed by atoms with Gasteiger partial charge in [0, 0.05) is 20.1 Å².